The van der Waals surface area contributed by atoms with Crippen LogP contribution in [0, 0.1) is 16.1 Å². The van der Waals surface area contributed by atoms with Crippen LogP contribution >= 0.6 is 12.2 Å². The van der Waals surface area contributed by atoms with Crippen molar-refractivity contribution in [2.24, 2.45) is 5.10 Å². The van der Waals surface area contributed by atoms with Gasteiger partial charge in [0.2, 0.25) is 4.77 Å². The fourth-order valence-electron chi connectivity index (χ4n) is 2.54. The van der Waals surface area contributed by atoms with E-state index in [4.69, 9.17) is 17.5 Å². The predicted molar refractivity (Wildman–Crippen MR) is 106 cm³/mol. The molecule has 3 aromatic rings. The molecule has 1 aromatic heterocycles. The second kappa shape index (κ2) is 7.76. The molecule has 7 heteroatoms. The maximum Gasteiger partial charge on any atom is 0.282 e. The summed E-state index contributed by atoms with van der Waals surface area (Å²) in [4.78, 5) is 17.6. The van der Waals surface area contributed by atoms with E-state index in [1.807, 2.05) is 48.3 Å². The van der Waals surface area contributed by atoms with Gasteiger partial charge < -0.3 is 9.88 Å². The topological polar surface area (TPSA) is 77.2 Å². The molecule has 0 aliphatic heterocycles. The summed E-state index contributed by atoms with van der Waals surface area (Å²) in [6.45, 7) is 0.672. The van der Waals surface area contributed by atoms with E-state index in [1.165, 1.54) is 4.68 Å². The summed E-state index contributed by atoms with van der Waals surface area (Å²) in [6.07, 6.45) is 2.07. The van der Waals surface area contributed by atoms with Gasteiger partial charge >= 0.3 is 0 Å². The zero-order valence-corrected chi connectivity index (χ0v) is 15.0. The molecule has 1 N–H and O–H groups in total. The first-order valence-electron chi connectivity index (χ1n) is 8.07. The van der Waals surface area contributed by atoms with Crippen LogP contribution in [0.5, 0.6) is 0 Å². The molecule has 0 saturated carbocycles. The Labute approximate surface area is 155 Å². The van der Waals surface area contributed by atoms with Crippen LogP contribution in [0.4, 0.5) is 5.69 Å². The summed E-state index contributed by atoms with van der Waals surface area (Å²) < 4.78 is 1.43. The van der Waals surface area contributed by atoms with Gasteiger partial charge in [-0.15, -0.1) is 0 Å². The second-order valence-corrected chi connectivity index (χ2v) is 6.15. The number of aromatic amines is 1. The number of anilines is 1. The molecule has 0 amide bonds. The molecule has 3 rings (SSSR count). The molecule has 2 aromatic carbocycles. The normalized spacial score (nSPS) is 10.9. The number of aromatic nitrogens is 2. The molecule has 0 atom stereocenters. The van der Waals surface area contributed by atoms with E-state index in [0.717, 1.165) is 11.3 Å². The molecule has 6 nitrogen and oxygen atoms in total. The lowest BCUT2D eigenvalue weighted by atomic mass is 10.2. The second-order valence-electron chi connectivity index (χ2n) is 5.76. The lowest BCUT2D eigenvalue weighted by Gasteiger charge is -2.17. The van der Waals surface area contributed by atoms with Crippen LogP contribution in [0.15, 0.2) is 58.4 Å². The maximum atomic E-state index is 12.5. The average molecular weight is 363 g/mol. The van der Waals surface area contributed by atoms with Crippen molar-refractivity contribution in [3.63, 3.8) is 0 Å². The van der Waals surface area contributed by atoms with Crippen molar-refractivity contribution in [3.05, 3.63) is 69.2 Å². The molecule has 0 aliphatic rings. The number of nitriles is 1. The van der Waals surface area contributed by atoms with Crippen molar-refractivity contribution in [3.8, 4) is 6.07 Å². The van der Waals surface area contributed by atoms with Gasteiger partial charge in [0.1, 0.15) is 0 Å². The van der Waals surface area contributed by atoms with Crippen molar-refractivity contribution in [2.75, 3.05) is 18.5 Å². The van der Waals surface area contributed by atoms with Crippen LogP contribution < -0.4 is 10.5 Å². The number of nitrogens with one attached hydrogen (secondary N) is 1. The van der Waals surface area contributed by atoms with Crippen LogP contribution in [0.2, 0.25) is 0 Å². The first-order valence-corrected chi connectivity index (χ1v) is 8.47. The van der Waals surface area contributed by atoms with Gasteiger partial charge in [-0.3, -0.25) is 4.79 Å². The average Bonchev–Trinajstić information content (AvgIpc) is 2.66. The fourth-order valence-corrected chi connectivity index (χ4v) is 2.78. The first kappa shape index (κ1) is 17.6. The van der Waals surface area contributed by atoms with Crippen molar-refractivity contribution < 1.29 is 0 Å². The Kier molecular flexibility index (Phi) is 5.25. The number of benzene rings is 2. The number of hydrogen-bond acceptors (Lipinski definition) is 5. The van der Waals surface area contributed by atoms with Crippen molar-refractivity contribution in [1.29, 1.82) is 5.26 Å². The fraction of sp³-hybridized carbons (Fsp3) is 0.158. The largest absolute Gasteiger partial charge is 0.374 e. The molecule has 0 saturated heterocycles. The van der Waals surface area contributed by atoms with E-state index in [0.29, 0.717) is 23.9 Å². The minimum Gasteiger partial charge on any atom is -0.374 e. The molecule has 130 valence electrons. The van der Waals surface area contributed by atoms with Crippen molar-refractivity contribution in [2.45, 2.75) is 6.42 Å². The third-order valence-corrected chi connectivity index (χ3v) is 4.27. The third-order valence-electron chi connectivity index (χ3n) is 4.00. The Bertz CT molecular complexity index is 1110. The highest BCUT2D eigenvalue weighted by Crippen LogP contribution is 2.13. The van der Waals surface area contributed by atoms with E-state index in [9.17, 15) is 4.79 Å². The summed E-state index contributed by atoms with van der Waals surface area (Å²) in [7, 11) is 1.94. The number of hydrogen-bond donors (Lipinski definition) is 1. The van der Waals surface area contributed by atoms with E-state index in [1.54, 1.807) is 18.3 Å². The van der Waals surface area contributed by atoms with E-state index in [-0.39, 0.29) is 10.3 Å². The highest BCUT2D eigenvalue weighted by molar-refractivity contribution is 7.71. The highest BCUT2D eigenvalue weighted by Gasteiger charge is 2.04. The van der Waals surface area contributed by atoms with Crippen molar-refractivity contribution >= 4 is 35.0 Å². The van der Waals surface area contributed by atoms with E-state index >= 15 is 0 Å². The quantitative estimate of drug-likeness (QED) is 0.557. The summed E-state index contributed by atoms with van der Waals surface area (Å²) in [6, 6.07) is 17.0. The van der Waals surface area contributed by atoms with Gasteiger partial charge in [-0.1, -0.05) is 24.3 Å². The highest BCUT2D eigenvalue weighted by atomic mass is 32.1. The first-order chi connectivity index (χ1) is 12.6. The Morgan fingerprint density at radius 3 is 2.73 bits per heavy atom. The van der Waals surface area contributed by atoms with Crippen LogP contribution in [0.3, 0.4) is 0 Å². The molecular weight excluding hydrogens is 346 g/mol. The lowest BCUT2D eigenvalue weighted by Crippen LogP contribution is -2.19. The summed E-state index contributed by atoms with van der Waals surface area (Å²) in [5, 5.41) is 13.4. The van der Waals surface area contributed by atoms with Gasteiger partial charge in [0.05, 0.1) is 29.6 Å². The predicted octanol–water partition coefficient (Wildman–Crippen LogP) is 3.29. The smallest absolute Gasteiger partial charge is 0.282 e. The molecule has 0 aliphatic carbocycles. The van der Waals surface area contributed by atoms with Crippen molar-refractivity contribution in [1.82, 2.24) is 9.66 Å². The van der Waals surface area contributed by atoms with Crippen LogP contribution in [0.25, 0.3) is 10.9 Å². The van der Waals surface area contributed by atoms with Crippen LogP contribution in [0.1, 0.15) is 12.0 Å². The minimum absolute atomic E-state index is 0.248. The number of nitrogens with zero attached hydrogens (tertiary/aromatic N) is 4. The van der Waals surface area contributed by atoms with Gasteiger partial charge in [0, 0.05) is 19.3 Å². The van der Waals surface area contributed by atoms with Crippen LogP contribution in [-0.2, 0) is 0 Å². The molecule has 1 heterocycles. The number of H-pyrrole nitrogens is 1. The molecule has 0 spiro atoms. The Morgan fingerprint density at radius 2 is 2.00 bits per heavy atom. The van der Waals surface area contributed by atoms with E-state index in [2.05, 4.69) is 16.2 Å². The Morgan fingerprint density at radius 1 is 1.27 bits per heavy atom. The summed E-state index contributed by atoms with van der Waals surface area (Å²) >= 11 is 5.24. The molecule has 0 bridgehead atoms. The van der Waals surface area contributed by atoms with Gasteiger partial charge in [-0.2, -0.15) is 15.0 Å². The van der Waals surface area contributed by atoms with Gasteiger partial charge in [0.15, 0.2) is 0 Å². The molecule has 26 heavy (non-hydrogen) atoms. The number of para-hydroxylation sites is 1. The standard InChI is InChI=1S/C19H17N5OS/c1-23(12-4-11-20)15-9-7-14(8-10-15)13-21-24-18(25)16-5-2-3-6-17(16)22-19(24)26/h2-3,5-10,13H,4,12H2,1H3,(H,22,26)/b21-13-. The third kappa shape index (κ3) is 3.71. The molecular formula is C19H17N5OS. The molecule has 0 unspecified atom stereocenters. The van der Waals surface area contributed by atoms with Gasteiger partial charge in [-0.25, -0.2) is 0 Å². The van der Waals surface area contributed by atoms with E-state index < -0.39 is 0 Å². The number of rotatable bonds is 5. The van der Waals surface area contributed by atoms with Crippen LogP contribution in [-0.4, -0.2) is 29.5 Å². The SMILES string of the molecule is CN(CCC#N)c1ccc(/C=N\n2c(=S)[nH]c3ccccc3c2=O)cc1. The summed E-state index contributed by atoms with van der Waals surface area (Å²) in [5.74, 6) is 0. The Hall–Kier alpha value is -3.24. The zero-order valence-electron chi connectivity index (χ0n) is 14.2. The summed E-state index contributed by atoms with van der Waals surface area (Å²) in [5.41, 5.74) is 2.29. The monoisotopic (exact) mass is 363 g/mol. The maximum absolute atomic E-state index is 12.5. The number of fused-ring (bicyclic) bond motifs is 1. The van der Waals surface area contributed by atoms with Gasteiger partial charge in [0.25, 0.3) is 5.56 Å². The van der Waals surface area contributed by atoms with Gasteiger partial charge in [-0.05, 0) is 42.0 Å². The molecule has 0 radical (unpaired) electrons. The zero-order chi connectivity index (χ0) is 18.5. The minimum atomic E-state index is -0.256. The lowest BCUT2D eigenvalue weighted by molar-refractivity contribution is 0.800. The Balaban J connectivity index is 1.87. The molecule has 0 fully saturated rings.